The Balaban J connectivity index is 1.52. The minimum absolute atomic E-state index is 0.0543. The zero-order valence-corrected chi connectivity index (χ0v) is 19.5. The SMILES string of the molecule is COC(=O)[C@H](Cc1ccc(Oc2nccc3ccncc23)cc1)N=C1C(Br)C(=O)C1(C)C. The van der Waals surface area contributed by atoms with E-state index >= 15 is 0 Å². The molecule has 1 fully saturated rings. The number of rotatable bonds is 6. The molecule has 2 aromatic heterocycles. The average Bonchev–Trinajstić information content (AvgIpc) is 2.81. The molecule has 0 amide bonds. The van der Waals surface area contributed by atoms with Gasteiger partial charge in [0.2, 0.25) is 5.88 Å². The highest BCUT2D eigenvalue weighted by Gasteiger charge is 2.52. The normalized spacial score (nSPS) is 19.4. The number of esters is 1. The second kappa shape index (κ2) is 8.78. The maximum atomic E-state index is 12.4. The van der Waals surface area contributed by atoms with E-state index in [1.165, 1.54) is 7.11 Å². The van der Waals surface area contributed by atoms with Crippen molar-refractivity contribution in [2.24, 2.45) is 10.4 Å². The molecule has 1 aliphatic carbocycles. The number of pyridine rings is 2. The first-order valence-corrected chi connectivity index (χ1v) is 11.0. The average molecular weight is 496 g/mol. The minimum Gasteiger partial charge on any atom is -0.467 e. The number of aliphatic imine (C=N–C) groups is 1. The van der Waals surface area contributed by atoms with Gasteiger partial charge in [-0.3, -0.25) is 14.8 Å². The summed E-state index contributed by atoms with van der Waals surface area (Å²) in [4.78, 5) is 37.0. The van der Waals surface area contributed by atoms with Crippen LogP contribution in [0.25, 0.3) is 10.8 Å². The van der Waals surface area contributed by atoms with Gasteiger partial charge in [0.15, 0.2) is 11.8 Å². The summed E-state index contributed by atoms with van der Waals surface area (Å²) in [5, 5.41) is 1.81. The van der Waals surface area contributed by atoms with Gasteiger partial charge in [0.25, 0.3) is 0 Å². The maximum Gasteiger partial charge on any atom is 0.330 e. The Hall–Kier alpha value is -3.13. The molecular weight excluding hydrogens is 474 g/mol. The maximum absolute atomic E-state index is 12.4. The number of benzene rings is 1. The third-order valence-corrected chi connectivity index (χ3v) is 6.44. The molecule has 2 atom stereocenters. The number of methoxy groups -OCH3 is 1. The highest BCUT2D eigenvalue weighted by Crippen LogP contribution is 2.38. The molecule has 2 heterocycles. The smallest absolute Gasteiger partial charge is 0.330 e. The zero-order valence-electron chi connectivity index (χ0n) is 17.9. The first kappa shape index (κ1) is 22.1. The second-order valence-electron chi connectivity index (χ2n) is 8.07. The van der Waals surface area contributed by atoms with E-state index in [0.29, 0.717) is 23.8 Å². The topological polar surface area (TPSA) is 90.7 Å². The summed E-state index contributed by atoms with van der Waals surface area (Å²) in [6.45, 7) is 3.62. The summed E-state index contributed by atoms with van der Waals surface area (Å²) in [5.74, 6) is 0.700. The van der Waals surface area contributed by atoms with Gasteiger partial charge in [-0.1, -0.05) is 28.1 Å². The van der Waals surface area contributed by atoms with E-state index in [9.17, 15) is 9.59 Å². The van der Waals surface area contributed by atoms with Crippen molar-refractivity contribution in [1.82, 2.24) is 9.97 Å². The van der Waals surface area contributed by atoms with Crippen molar-refractivity contribution in [2.45, 2.75) is 31.1 Å². The van der Waals surface area contributed by atoms with Crippen LogP contribution in [-0.4, -0.2) is 45.4 Å². The third-order valence-electron chi connectivity index (χ3n) is 5.59. The Morgan fingerprint density at radius 2 is 1.91 bits per heavy atom. The number of aromatic nitrogens is 2. The number of alkyl halides is 1. The molecule has 4 rings (SSSR count). The first-order valence-electron chi connectivity index (χ1n) is 10.1. The molecule has 1 aliphatic rings. The Labute approximate surface area is 194 Å². The summed E-state index contributed by atoms with van der Waals surface area (Å²) in [6.07, 6.45) is 5.48. The summed E-state index contributed by atoms with van der Waals surface area (Å²) in [6, 6.07) is 10.4. The first-order chi connectivity index (χ1) is 15.3. The van der Waals surface area contributed by atoms with Crippen LogP contribution in [0.1, 0.15) is 19.4 Å². The fraction of sp³-hybridized carbons (Fsp3) is 0.292. The largest absolute Gasteiger partial charge is 0.467 e. The number of hydrogen-bond donors (Lipinski definition) is 0. The quantitative estimate of drug-likeness (QED) is 0.373. The van der Waals surface area contributed by atoms with Crippen LogP contribution in [0.3, 0.4) is 0 Å². The Bertz CT molecular complexity index is 1200. The molecule has 0 bridgehead atoms. The molecule has 0 radical (unpaired) electrons. The molecular formula is C24H22BrN3O4. The van der Waals surface area contributed by atoms with Crippen molar-refractivity contribution >= 4 is 44.2 Å². The number of Topliss-reactive ketones (excluding diaryl/α,β-unsaturated/α-hetero) is 1. The van der Waals surface area contributed by atoms with Gasteiger partial charge in [-0.05, 0) is 49.1 Å². The van der Waals surface area contributed by atoms with Crippen LogP contribution >= 0.6 is 15.9 Å². The van der Waals surface area contributed by atoms with Gasteiger partial charge < -0.3 is 9.47 Å². The molecule has 0 aliphatic heterocycles. The number of ether oxygens (including phenoxy) is 2. The molecule has 32 heavy (non-hydrogen) atoms. The molecule has 1 aromatic carbocycles. The van der Waals surface area contributed by atoms with Crippen LogP contribution in [0.2, 0.25) is 0 Å². The molecule has 1 unspecified atom stereocenters. The predicted octanol–water partition coefficient (Wildman–Crippen LogP) is 4.32. The van der Waals surface area contributed by atoms with Gasteiger partial charge in [-0.15, -0.1) is 0 Å². The van der Waals surface area contributed by atoms with Crippen LogP contribution in [0.4, 0.5) is 0 Å². The monoisotopic (exact) mass is 495 g/mol. The number of carbonyl (C=O) groups excluding carboxylic acids is 2. The number of nitrogens with zero attached hydrogens (tertiary/aromatic N) is 3. The van der Waals surface area contributed by atoms with Crippen LogP contribution in [0, 0.1) is 5.41 Å². The van der Waals surface area contributed by atoms with Crippen molar-refractivity contribution in [3.8, 4) is 11.6 Å². The lowest BCUT2D eigenvalue weighted by atomic mass is 9.68. The highest BCUT2D eigenvalue weighted by atomic mass is 79.9. The molecule has 7 nitrogen and oxygen atoms in total. The van der Waals surface area contributed by atoms with Crippen LogP contribution in [-0.2, 0) is 20.7 Å². The van der Waals surface area contributed by atoms with Crippen molar-refractivity contribution in [2.75, 3.05) is 7.11 Å². The number of hydrogen-bond acceptors (Lipinski definition) is 7. The lowest BCUT2D eigenvalue weighted by Gasteiger charge is -2.40. The second-order valence-corrected chi connectivity index (χ2v) is 8.98. The third kappa shape index (κ3) is 4.14. The Morgan fingerprint density at radius 3 is 2.59 bits per heavy atom. The Morgan fingerprint density at radius 1 is 1.19 bits per heavy atom. The van der Waals surface area contributed by atoms with Crippen molar-refractivity contribution < 1.29 is 19.1 Å². The molecule has 164 valence electrons. The summed E-state index contributed by atoms with van der Waals surface area (Å²) in [5.41, 5.74) is 0.867. The predicted molar refractivity (Wildman–Crippen MR) is 125 cm³/mol. The number of halogens is 1. The fourth-order valence-electron chi connectivity index (χ4n) is 3.61. The van der Waals surface area contributed by atoms with Gasteiger partial charge in [0.05, 0.1) is 17.9 Å². The molecule has 0 N–H and O–H groups in total. The van der Waals surface area contributed by atoms with Crippen molar-refractivity contribution in [3.63, 3.8) is 0 Å². The van der Waals surface area contributed by atoms with Gasteiger partial charge in [-0.2, -0.15) is 0 Å². The number of ketones is 1. The van der Waals surface area contributed by atoms with E-state index in [1.807, 2.05) is 50.2 Å². The molecule has 1 saturated carbocycles. The van der Waals surface area contributed by atoms with E-state index in [4.69, 9.17) is 9.47 Å². The van der Waals surface area contributed by atoms with Gasteiger partial charge >= 0.3 is 5.97 Å². The molecule has 3 aromatic rings. The summed E-state index contributed by atoms with van der Waals surface area (Å²) < 4.78 is 10.9. The zero-order chi connectivity index (χ0) is 22.9. The fourth-order valence-corrected chi connectivity index (χ4v) is 4.88. The number of fused-ring (bicyclic) bond motifs is 1. The standard InChI is InChI=1S/C24H22BrN3O4/c1-24(2)20(19(25)21(24)29)28-18(23(30)31-3)12-14-4-6-16(7-5-14)32-22-17-13-26-10-8-15(17)9-11-27-22/h4-11,13,18-19H,12H2,1-3H3/t18-,19?/m0/s1. The van der Waals surface area contributed by atoms with Crippen molar-refractivity contribution in [1.29, 1.82) is 0 Å². The van der Waals surface area contributed by atoms with E-state index in [0.717, 1.165) is 16.3 Å². The number of carbonyl (C=O) groups is 2. The minimum atomic E-state index is -0.736. The van der Waals surface area contributed by atoms with Crippen LogP contribution < -0.4 is 4.74 Å². The van der Waals surface area contributed by atoms with E-state index < -0.39 is 22.3 Å². The lowest BCUT2D eigenvalue weighted by Crippen LogP contribution is -2.57. The van der Waals surface area contributed by atoms with Gasteiger partial charge in [0.1, 0.15) is 10.6 Å². The molecule has 0 saturated heterocycles. The van der Waals surface area contributed by atoms with Gasteiger partial charge in [0, 0.05) is 30.7 Å². The van der Waals surface area contributed by atoms with E-state index in [2.05, 4.69) is 30.9 Å². The highest BCUT2D eigenvalue weighted by molar-refractivity contribution is 9.10. The summed E-state index contributed by atoms with van der Waals surface area (Å²) in [7, 11) is 1.33. The summed E-state index contributed by atoms with van der Waals surface area (Å²) >= 11 is 3.35. The molecule has 8 heteroatoms. The molecule has 0 spiro atoms. The van der Waals surface area contributed by atoms with E-state index in [-0.39, 0.29) is 5.78 Å². The Kier molecular flexibility index (Phi) is 6.06. The van der Waals surface area contributed by atoms with E-state index in [1.54, 1.807) is 18.6 Å². The van der Waals surface area contributed by atoms with Crippen LogP contribution in [0.5, 0.6) is 11.6 Å². The van der Waals surface area contributed by atoms with Crippen LogP contribution in [0.15, 0.2) is 60.0 Å². The van der Waals surface area contributed by atoms with Crippen molar-refractivity contribution in [3.05, 3.63) is 60.6 Å². The van der Waals surface area contributed by atoms with Gasteiger partial charge in [-0.25, -0.2) is 9.78 Å². The lowest BCUT2D eigenvalue weighted by molar-refractivity contribution is -0.142.